The first-order valence-corrected chi connectivity index (χ1v) is 6.91. The molecule has 0 spiro atoms. The Morgan fingerprint density at radius 2 is 2.38 bits per heavy atom. The lowest BCUT2D eigenvalue weighted by Crippen LogP contribution is -2.16. The van der Waals surface area contributed by atoms with Gasteiger partial charge in [-0.25, -0.2) is 0 Å². The molecule has 0 aliphatic carbocycles. The minimum atomic E-state index is 0.0590. The SMILES string of the molecule is CCNCCc1nnc(C2(C)CCCS2)o1. The van der Waals surface area contributed by atoms with Gasteiger partial charge in [-0.15, -0.1) is 22.0 Å². The van der Waals surface area contributed by atoms with Crippen molar-refractivity contribution in [3.63, 3.8) is 0 Å². The van der Waals surface area contributed by atoms with Gasteiger partial charge in [0.05, 0.1) is 4.75 Å². The quantitative estimate of drug-likeness (QED) is 0.799. The van der Waals surface area contributed by atoms with E-state index in [0.29, 0.717) is 0 Å². The van der Waals surface area contributed by atoms with E-state index in [4.69, 9.17) is 4.42 Å². The summed E-state index contributed by atoms with van der Waals surface area (Å²) in [6.45, 7) is 6.18. The number of likely N-dealkylation sites (N-methyl/N-ethyl adjacent to an activating group) is 1. The zero-order valence-corrected chi connectivity index (χ0v) is 10.8. The minimum absolute atomic E-state index is 0.0590. The highest BCUT2D eigenvalue weighted by Crippen LogP contribution is 2.45. The molecule has 1 aromatic rings. The van der Waals surface area contributed by atoms with Gasteiger partial charge in [0.15, 0.2) is 0 Å². The van der Waals surface area contributed by atoms with E-state index >= 15 is 0 Å². The Labute approximate surface area is 101 Å². The highest BCUT2D eigenvalue weighted by molar-refractivity contribution is 8.00. The molecule has 0 radical (unpaired) electrons. The summed E-state index contributed by atoms with van der Waals surface area (Å²) in [6, 6.07) is 0. The number of hydrogen-bond donors (Lipinski definition) is 1. The third-order valence-corrected chi connectivity index (χ3v) is 4.41. The van der Waals surface area contributed by atoms with Gasteiger partial charge in [0, 0.05) is 13.0 Å². The summed E-state index contributed by atoms with van der Waals surface area (Å²) >= 11 is 1.93. The number of hydrogen-bond acceptors (Lipinski definition) is 5. The Kier molecular flexibility index (Phi) is 3.86. The average Bonchev–Trinajstić information content (AvgIpc) is 2.88. The summed E-state index contributed by atoms with van der Waals surface area (Å²) in [4.78, 5) is 0. The van der Waals surface area contributed by atoms with E-state index in [1.807, 2.05) is 11.8 Å². The lowest BCUT2D eigenvalue weighted by molar-refractivity contribution is 0.399. The molecule has 5 heteroatoms. The molecule has 4 nitrogen and oxygen atoms in total. The monoisotopic (exact) mass is 241 g/mol. The molecule has 1 unspecified atom stereocenters. The largest absolute Gasteiger partial charge is 0.424 e. The van der Waals surface area contributed by atoms with Gasteiger partial charge in [-0.3, -0.25) is 0 Å². The summed E-state index contributed by atoms with van der Waals surface area (Å²) < 4.78 is 5.79. The van der Waals surface area contributed by atoms with Crippen LogP contribution in [0.5, 0.6) is 0 Å². The first-order chi connectivity index (χ1) is 7.74. The molecule has 2 heterocycles. The first kappa shape index (κ1) is 11.9. The topological polar surface area (TPSA) is 51.0 Å². The number of nitrogens with zero attached hydrogens (tertiary/aromatic N) is 2. The molecule has 1 fully saturated rings. The molecule has 2 rings (SSSR count). The second-order valence-corrected chi connectivity index (χ2v) is 5.89. The van der Waals surface area contributed by atoms with Gasteiger partial charge in [-0.2, -0.15) is 0 Å². The van der Waals surface area contributed by atoms with Crippen molar-refractivity contribution >= 4 is 11.8 Å². The van der Waals surface area contributed by atoms with Crippen LogP contribution in [0.2, 0.25) is 0 Å². The Balaban J connectivity index is 1.96. The summed E-state index contributed by atoms with van der Waals surface area (Å²) in [6.07, 6.45) is 3.21. The van der Waals surface area contributed by atoms with Crippen LogP contribution in [0.3, 0.4) is 0 Å². The van der Waals surface area contributed by atoms with Crippen molar-refractivity contribution in [2.45, 2.75) is 37.9 Å². The average molecular weight is 241 g/mol. The van der Waals surface area contributed by atoms with E-state index in [1.54, 1.807) is 0 Å². The van der Waals surface area contributed by atoms with Crippen molar-refractivity contribution in [2.75, 3.05) is 18.8 Å². The van der Waals surface area contributed by atoms with E-state index in [-0.39, 0.29) is 4.75 Å². The van der Waals surface area contributed by atoms with E-state index in [2.05, 4.69) is 29.4 Å². The molecule has 90 valence electrons. The highest BCUT2D eigenvalue weighted by atomic mass is 32.2. The van der Waals surface area contributed by atoms with E-state index in [0.717, 1.165) is 37.7 Å². The maximum absolute atomic E-state index is 5.73. The number of nitrogens with one attached hydrogen (secondary N) is 1. The molecule has 1 aliphatic heterocycles. The molecule has 1 N–H and O–H groups in total. The smallest absolute Gasteiger partial charge is 0.232 e. The second kappa shape index (κ2) is 5.19. The highest BCUT2D eigenvalue weighted by Gasteiger charge is 2.36. The van der Waals surface area contributed by atoms with Crippen LogP contribution in [0.15, 0.2) is 4.42 Å². The molecule has 1 saturated heterocycles. The Morgan fingerprint density at radius 1 is 1.50 bits per heavy atom. The summed E-state index contributed by atoms with van der Waals surface area (Å²) in [5, 5.41) is 11.5. The number of rotatable bonds is 5. The maximum atomic E-state index is 5.73. The van der Waals surface area contributed by atoms with Crippen molar-refractivity contribution in [2.24, 2.45) is 0 Å². The Bertz CT molecular complexity index is 334. The first-order valence-electron chi connectivity index (χ1n) is 5.92. The molecular weight excluding hydrogens is 222 g/mol. The van der Waals surface area contributed by atoms with Crippen LogP contribution in [0.25, 0.3) is 0 Å². The molecule has 0 amide bonds. The van der Waals surface area contributed by atoms with Gasteiger partial charge >= 0.3 is 0 Å². The van der Waals surface area contributed by atoms with Crippen LogP contribution < -0.4 is 5.32 Å². The van der Waals surface area contributed by atoms with Crippen LogP contribution in [-0.4, -0.2) is 29.0 Å². The van der Waals surface area contributed by atoms with E-state index in [9.17, 15) is 0 Å². The summed E-state index contributed by atoms with van der Waals surface area (Å²) in [7, 11) is 0. The molecule has 0 saturated carbocycles. The van der Waals surface area contributed by atoms with Crippen LogP contribution in [0.4, 0.5) is 0 Å². The van der Waals surface area contributed by atoms with Gasteiger partial charge in [0.1, 0.15) is 0 Å². The Hall–Kier alpha value is -0.550. The number of thioether (sulfide) groups is 1. The van der Waals surface area contributed by atoms with Crippen molar-refractivity contribution < 1.29 is 4.42 Å². The second-order valence-electron chi connectivity index (χ2n) is 4.29. The van der Waals surface area contributed by atoms with E-state index in [1.165, 1.54) is 12.2 Å². The predicted octanol–water partition coefficient (Wildman–Crippen LogP) is 1.96. The third-order valence-electron chi connectivity index (χ3n) is 2.90. The molecule has 1 aromatic heterocycles. The van der Waals surface area contributed by atoms with Crippen molar-refractivity contribution in [1.82, 2.24) is 15.5 Å². The molecule has 0 bridgehead atoms. The lowest BCUT2D eigenvalue weighted by Gasteiger charge is -2.16. The van der Waals surface area contributed by atoms with Crippen LogP contribution in [0.1, 0.15) is 38.5 Å². The maximum Gasteiger partial charge on any atom is 0.232 e. The molecule has 0 aromatic carbocycles. The van der Waals surface area contributed by atoms with Crippen molar-refractivity contribution in [3.8, 4) is 0 Å². The van der Waals surface area contributed by atoms with Gasteiger partial charge in [-0.1, -0.05) is 6.92 Å². The van der Waals surface area contributed by atoms with E-state index < -0.39 is 0 Å². The number of aromatic nitrogens is 2. The molecule has 1 aliphatic rings. The lowest BCUT2D eigenvalue weighted by atomic mass is 10.1. The molecule has 16 heavy (non-hydrogen) atoms. The third kappa shape index (κ3) is 2.58. The minimum Gasteiger partial charge on any atom is -0.424 e. The Morgan fingerprint density at radius 3 is 3.06 bits per heavy atom. The summed E-state index contributed by atoms with van der Waals surface area (Å²) in [5.74, 6) is 2.76. The van der Waals surface area contributed by atoms with Crippen molar-refractivity contribution in [3.05, 3.63) is 11.8 Å². The van der Waals surface area contributed by atoms with Gasteiger partial charge < -0.3 is 9.73 Å². The fraction of sp³-hybridized carbons (Fsp3) is 0.818. The molecular formula is C11H19N3OS. The fourth-order valence-electron chi connectivity index (χ4n) is 1.89. The van der Waals surface area contributed by atoms with Gasteiger partial charge in [0.25, 0.3) is 0 Å². The van der Waals surface area contributed by atoms with Crippen LogP contribution in [0, 0.1) is 0 Å². The van der Waals surface area contributed by atoms with Gasteiger partial charge in [-0.05, 0) is 32.1 Å². The van der Waals surface area contributed by atoms with Crippen LogP contribution in [-0.2, 0) is 11.2 Å². The predicted molar refractivity (Wildman–Crippen MR) is 65.6 cm³/mol. The standard InChI is InChI=1S/C11H19N3OS/c1-3-12-7-5-9-13-14-10(15-9)11(2)6-4-8-16-11/h12H,3-8H2,1-2H3. The fourth-order valence-corrected chi connectivity index (χ4v) is 3.12. The normalized spacial score (nSPS) is 25.1. The van der Waals surface area contributed by atoms with Gasteiger partial charge in [0.2, 0.25) is 11.8 Å². The van der Waals surface area contributed by atoms with Crippen molar-refractivity contribution in [1.29, 1.82) is 0 Å². The zero-order valence-electron chi connectivity index (χ0n) is 9.95. The zero-order chi connectivity index (χ0) is 11.4. The molecule has 1 atom stereocenters. The summed E-state index contributed by atoms with van der Waals surface area (Å²) in [5.41, 5.74) is 0. The van der Waals surface area contributed by atoms with Crippen LogP contribution >= 0.6 is 11.8 Å².